The van der Waals surface area contributed by atoms with Crippen LogP contribution in [0.3, 0.4) is 0 Å². The summed E-state index contributed by atoms with van der Waals surface area (Å²) >= 11 is 1.36. The van der Waals surface area contributed by atoms with Gasteiger partial charge in [-0.15, -0.1) is 0 Å². The Hall–Kier alpha value is -1.17. The maximum Gasteiger partial charge on any atom is 0.307 e. The zero-order chi connectivity index (χ0) is 13.1. The number of hydrogen-bond acceptors (Lipinski definition) is 6. The van der Waals surface area contributed by atoms with Crippen molar-refractivity contribution >= 4 is 22.6 Å². The Morgan fingerprint density at radius 2 is 2.12 bits per heavy atom. The Balaban J connectivity index is 2.61. The smallest absolute Gasteiger partial charge is 0.307 e. The third-order valence-electron chi connectivity index (χ3n) is 2.29. The van der Waals surface area contributed by atoms with Gasteiger partial charge in [-0.05, 0) is 0 Å². The zero-order valence-corrected chi connectivity index (χ0v) is 11.8. The largest absolute Gasteiger partial charge is 0.469 e. The van der Waals surface area contributed by atoms with Gasteiger partial charge in [-0.1, -0.05) is 20.8 Å². The Labute approximate surface area is 106 Å². The summed E-state index contributed by atoms with van der Waals surface area (Å²) in [4.78, 5) is 17.4. The molecule has 0 amide bonds. The van der Waals surface area contributed by atoms with Gasteiger partial charge in [0.05, 0.1) is 13.5 Å². The Bertz CT molecular complexity index is 384. The second kappa shape index (κ2) is 5.44. The molecular formula is C11H19N3O2S. The summed E-state index contributed by atoms with van der Waals surface area (Å²) in [5.41, 5.74) is -0.0437. The molecular weight excluding hydrogens is 238 g/mol. The van der Waals surface area contributed by atoms with E-state index >= 15 is 0 Å². The van der Waals surface area contributed by atoms with Gasteiger partial charge in [0.25, 0.3) is 0 Å². The molecule has 1 aromatic heterocycles. The molecule has 0 aliphatic heterocycles. The molecule has 0 unspecified atom stereocenters. The van der Waals surface area contributed by atoms with Crippen molar-refractivity contribution in [2.24, 2.45) is 0 Å². The van der Waals surface area contributed by atoms with Crippen LogP contribution in [0.2, 0.25) is 0 Å². The number of esters is 1. The number of hydrogen-bond donors (Lipinski definition) is 0. The van der Waals surface area contributed by atoms with Gasteiger partial charge in [0.15, 0.2) is 0 Å². The Morgan fingerprint density at radius 1 is 1.47 bits per heavy atom. The molecule has 0 spiro atoms. The topological polar surface area (TPSA) is 55.3 Å². The van der Waals surface area contributed by atoms with Crippen molar-refractivity contribution in [3.05, 3.63) is 5.82 Å². The first-order valence-corrected chi connectivity index (χ1v) is 6.24. The lowest BCUT2D eigenvalue weighted by Gasteiger charge is -2.15. The maximum absolute atomic E-state index is 11.0. The summed E-state index contributed by atoms with van der Waals surface area (Å²) in [5, 5.41) is 0.832. The number of nitrogens with zero attached hydrogens (tertiary/aromatic N) is 3. The summed E-state index contributed by atoms with van der Waals surface area (Å²) < 4.78 is 8.93. The number of methoxy groups -OCH3 is 1. The molecule has 0 aliphatic rings. The van der Waals surface area contributed by atoms with E-state index in [1.165, 1.54) is 18.6 Å². The standard InChI is InChI=1S/C11H19N3O2S/c1-11(2,3)9-12-10(17-13-9)14(4)7-6-8(15)16-5/h6-7H2,1-5H3. The summed E-state index contributed by atoms with van der Waals surface area (Å²) in [5.74, 6) is 0.625. The van der Waals surface area contributed by atoms with Gasteiger partial charge in [-0.3, -0.25) is 4.79 Å². The summed E-state index contributed by atoms with van der Waals surface area (Å²) in [6.07, 6.45) is 0.359. The number of anilines is 1. The third-order valence-corrected chi connectivity index (χ3v) is 3.12. The fourth-order valence-electron chi connectivity index (χ4n) is 1.13. The van der Waals surface area contributed by atoms with Crippen molar-refractivity contribution in [1.82, 2.24) is 9.36 Å². The van der Waals surface area contributed by atoms with E-state index in [2.05, 4.69) is 34.9 Å². The molecule has 96 valence electrons. The fraction of sp³-hybridized carbons (Fsp3) is 0.727. The van der Waals surface area contributed by atoms with E-state index in [9.17, 15) is 4.79 Å². The van der Waals surface area contributed by atoms with Crippen molar-refractivity contribution < 1.29 is 9.53 Å². The van der Waals surface area contributed by atoms with Crippen LogP contribution in [0.1, 0.15) is 33.0 Å². The number of carbonyl (C=O) groups is 1. The predicted molar refractivity (Wildman–Crippen MR) is 68.5 cm³/mol. The van der Waals surface area contributed by atoms with E-state index in [-0.39, 0.29) is 11.4 Å². The molecule has 1 aromatic rings. The van der Waals surface area contributed by atoms with Crippen molar-refractivity contribution in [3.63, 3.8) is 0 Å². The van der Waals surface area contributed by atoms with Crippen molar-refractivity contribution in [3.8, 4) is 0 Å². The summed E-state index contributed by atoms with van der Waals surface area (Å²) in [6, 6.07) is 0. The van der Waals surface area contributed by atoms with E-state index in [1.54, 1.807) is 0 Å². The molecule has 1 rings (SSSR count). The average Bonchev–Trinajstić information content (AvgIpc) is 2.74. The minimum Gasteiger partial charge on any atom is -0.469 e. The molecule has 0 aliphatic carbocycles. The average molecular weight is 257 g/mol. The number of aromatic nitrogens is 2. The second-order valence-electron chi connectivity index (χ2n) is 4.90. The van der Waals surface area contributed by atoms with Crippen LogP contribution in [0.15, 0.2) is 0 Å². The molecule has 5 nitrogen and oxygen atoms in total. The highest BCUT2D eigenvalue weighted by Crippen LogP contribution is 2.24. The predicted octanol–water partition coefficient (Wildman–Crippen LogP) is 1.83. The monoisotopic (exact) mass is 257 g/mol. The molecule has 0 radical (unpaired) electrons. The van der Waals surface area contributed by atoms with Gasteiger partial charge in [0, 0.05) is 30.5 Å². The molecule has 17 heavy (non-hydrogen) atoms. The minimum atomic E-state index is -0.211. The van der Waals surface area contributed by atoms with Crippen molar-refractivity contribution in [1.29, 1.82) is 0 Å². The Morgan fingerprint density at radius 3 is 2.59 bits per heavy atom. The second-order valence-corrected chi connectivity index (χ2v) is 5.63. The zero-order valence-electron chi connectivity index (χ0n) is 11.0. The van der Waals surface area contributed by atoms with Gasteiger partial charge in [-0.2, -0.15) is 4.37 Å². The first kappa shape index (κ1) is 13.9. The highest BCUT2D eigenvalue weighted by molar-refractivity contribution is 7.09. The van der Waals surface area contributed by atoms with E-state index < -0.39 is 0 Å². The first-order chi connectivity index (χ1) is 7.84. The highest BCUT2D eigenvalue weighted by atomic mass is 32.1. The highest BCUT2D eigenvalue weighted by Gasteiger charge is 2.20. The summed E-state index contributed by atoms with van der Waals surface area (Å²) in [7, 11) is 3.29. The first-order valence-electron chi connectivity index (χ1n) is 5.46. The molecule has 0 N–H and O–H groups in total. The van der Waals surface area contributed by atoms with Gasteiger partial charge < -0.3 is 9.64 Å². The maximum atomic E-state index is 11.0. The van der Waals surface area contributed by atoms with E-state index in [1.807, 2.05) is 11.9 Å². The molecule has 0 aromatic carbocycles. The SMILES string of the molecule is COC(=O)CCN(C)c1nc(C(C)(C)C)ns1. The van der Waals surface area contributed by atoms with Gasteiger partial charge in [0.1, 0.15) is 5.82 Å². The van der Waals surface area contributed by atoms with Crippen LogP contribution in [0.25, 0.3) is 0 Å². The van der Waals surface area contributed by atoms with Crippen LogP contribution in [-0.2, 0) is 14.9 Å². The fourth-order valence-corrected chi connectivity index (χ4v) is 1.97. The van der Waals surface area contributed by atoms with Crippen molar-refractivity contribution in [2.75, 3.05) is 25.6 Å². The lowest BCUT2D eigenvalue weighted by atomic mass is 9.96. The molecule has 0 bridgehead atoms. The lowest BCUT2D eigenvalue weighted by molar-refractivity contribution is -0.140. The normalized spacial score (nSPS) is 11.4. The molecule has 0 saturated heterocycles. The third kappa shape index (κ3) is 3.96. The molecule has 1 heterocycles. The van der Waals surface area contributed by atoms with Gasteiger partial charge >= 0.3 is 5.97 Å². The van der Waals surface area contributed by atoms with E-state index in [0.717, 1.165) is 11.0 Å². The number of ether oxygens (including phenoxy) is 1. The molecule has 0 atom stereocenters. The lowest BCUT2D eigenvalue weighted by Crippen LogP contribution is -2.22. The van der Waals surface area contributed by atoms with Crippen LogP contribution in [0, 0.1) is 0 Å². The van der Waals surface area contributed by atoms with Crippen LogP contribution in [0.5, 0.6) is 0 Å². The van der Waals surface area contributed by atoms with E-state index in [4.69, 9.17) is 0 Å². The molecule has 6 heteroatoms. The number of carbonyl (C=O) groups excluding carboxylic acids is 1. The quantitative estimate of drug-likeness (QED) is 0.770. The molecule has 0 fully saturated rings. The van der Waals surface area contributed by atoms with E-state index in [0.29, 0.717) is 13.0 Å². The minimum absolute atomic E-state index is 0.0437. The summed E-state index contributed by atoms with van der Waals surface area (Å²) in [6.45, 7) is 6.82. The molecule has 0 saturated carbocycles. The Kier molecular flexibility index (Phi) is 4.45. The van der Waals surface area contributed by atoms with Crippen LogP contribution >= 0.6 is 11.5 Å². The van der Waals surface area contributed by atoms with Crippen LogP contribution in [-0.4, -0.2) is 36.0 Å². The van der Waals surface area contributed by atoms with Gasteiger partial charge in [-0.25, -0.2) is 4.98 Å². The van der Waals surface area contributed by atoms with Crippen LogP contribution in [0.4, 0.5) is 5.13 Å². The number of rotatable bonds is 4. The van der Waals surface area contributed by atoms with Crippen LogP contribution < -0.4 is 4.90 Å². The van der Waals surface area contributed by atoms with Gasteiger partial charge in [0.2, 0.25) is 5.13 Å². The van der Waals surface area contributed by atoms with Crippen molar-refractivity contribution in [2.45, 2.75) is 32.6 Å².